The average Bonchev–Trinajstić information content (AvgIpc) is 2.35. The summed E-state index contributed by atoms with van der Waals surface area (Å²) in [7, 11) is 0. The van der Waals surface area contributed by atoms with Crippen molar-refractivity contribution in [1.82, 2.24) is 5.32 Å². The maximum atomic E-state index is 13.1. The second-order valence-electron chi connectivity index (χ2n) is 5.13. The van der Waals surface area contributed by atoms with Gasteiger partial charge < -0.3 is 5.32 Å². The minimum Gasteiger partial charge on any atom is -0.313 e. The second-order valence-corrected chi connectivity index (χ2v) is 6.30. The zero-order valence-electron chi connectivity index (χ0n) is 12.2. The first kappa shape index (κ1) is 17.4. The Labute approximate surface area is 123 Å². The normalized spacial score (nSPS) is 12.2. The van der Waals surface area contributed by atoms with Crippen molar-refractivity contribution in [2.45, 2.75) is 44.8 Å². The molecule has 1 rings (SSSR count). The molecule has 0 bridgehead atoms. The van der Waals surface area contributed by atoms with E-state index in [1.807, 2.05) is 6.92 Å². The Hall–Kier alpha value is -0.680. The second kappa shape index (κ2) is 7.93. The molecular formula is C15H22F3NS. The van der Waals surface area contributed by atoms with E-state index >= 15 is 0 Å². The third kappa shape index (κ3) is 5.75. The topological polar surface area (TPSA) is 12.0 Å². The SMILES string of the molecule is CCNCc1ccc(SCCC(C)C)cc1C(F)(F)F. The number of thioether (sulfide) groups is 1. The van der Waals surface area contributed by atoms with Crippen molar-refractivity contribution in [1.29, 1.82) is 0 Å². The van der Waals surface area contributed by atoms with Crippen LogP contribution in [0.1, 0.15) is 38.3 Å². The molecule has 114 valence electrons. The summed E-state index contributed by atoms with van der Waals surface area (Å²) in [5, 5.41) is 2.95. The first-order valence-electron chi connectivity index (χ1n) is 6.88. The Morgan fingerprint density at radius 3 is 2.50 bits per heavy atom. The Morgan fingerprint density at radius 1 is 1.25 bits per heavy atom. The molecule has 0 aliphatic heterocycles. The van der Waals surface area contributed by atoms with Crippen molar-refractivity contribution in [2.75, 3.05) is 12.3 Å². The first-order valence-corrected chi connectivity index (χ1v) is 7.86. The third-order valence-corrected chi connectivity index (χ3v) is 3.94. The molecular weight excluding hydrogens is 283 g/mol. The van der Waals surface area contributed by atoms with Gasteiger partial charge in [0.2, 0.25) is 0 Å². The van der Waals surface area contributed by atoms with Crippen molar-refractivity contribution in [3.8, 4) is 0 Å². The van der Waals surface area contributed by atoms with Gasteiger partial charge in [0.25, 0.3) is 0 Å². The first-order chi connectivity index (χ1) is 9.34. The highest BCUT2D eigenvalue weighted by Gasteiger charge is 2.33. The summed E-state index contributed by atoms with van der Waals surface area (Å²) < 4.78 is 39.2. The number of halogens is 3. The molecule has 1 aromatic rings. The van der Waals surface area contributed by atoms with E-state index in [1.54, 1.807) is 12.1 Å². The molecule has 0 amide bonds. The van der Waals surface area contributed by atoms with Gasteiger partial charge in [-0.05, 0) is 42.3 Å². The Balaban J connectivity index is 2.84. The molecule has 0 radical (unpaired) electrons. The highest BCUT2D eigenvalue weighted by atomic mass is 32.2. The molecule has 0 fully saturated rings. The molecule has 20 heavy (non-hydrogen) atoms. The maximum Gasteiger partial charge on any atom is 0.416 e. The van der Waals surface area contributed by atoms with Gasteiger partial charge >= 0.3 is 6.18 Å². The van der Waals surface area contributed by atoms with Gasteiger partial charge in [-0.1, -0.05) is 26.8 Å². The highest BCUT2D eigenvalue weighted by Crippen LogP contribution is 2.35. The van der Waals surface area contributed by atoms with Crippen LogP contribution in [0.25, 0.3) is 0 Å². The summed E-state index contributed by atoms with van der Waals surface area (Å²) in [6, 6.07) is 4.65. The van der Waals surface area contributed by atoms with Crippen LogP contribution in [-0.4, -0.2) is 12.3 Å². The largest absolute Gasteiger partial charge is 0.416 e. The third-order valence-electron chi connectivity index (χ3n) is 2.92. The number of hydrogen-bond acceptors (Lipinski definition) is 2. The Morgan fingerprint density at radius 2 is 1.95 bits per heavy atom. The van der Waals surface area contributed by atoms with Crippen LogP contribution < -0.4 is 5.32 Å². The molecule has 0 atom stereocenters. The fraction of sp³-hybridized carbons (Fsp3) is 0.600. The van der Waals surface area contributed by atoms with E-state index in [0.29, 0.717) is 22.9 Å². The summed E-state index contributed by atoms with van der Waals surface area (Å²) >= 11 is 1.49. The van der Waals surface area contributed by atoms with E-state index in [4.69, 9.17) is 0 Å². The molecule has 0 saturated heterocycles. The number of rotatable bonds is 7. The van der Waals surface area contributed by atoms with E-state index in [2.05, 4.69) is 19.2 Å². The minimum atomic E-state index is -4.29. The van der Waals surface area contributed by atoms with E-state index < -0.39 is 11.7 Å². The number of hydrogen-bond donors (Lipinski definition) is 1. The molecule has 0 saturated carbocycles. The summed E-state index contributed by atoms with van der Waals surface area (Å²) in [5.74, 6) is 1.42. The molecule has 0 unspecified atom stereocenters. The van der Waals surface area contributed by atoms with Crippen LogP contribution in [0.4, 0.5) is 13.2 Å². The van der Waals surface area contributed by atoms with Crippen LogP contribution >= 0.6 is 11.8 Å². The molecule has 1 nitrogen and oxygen atoms in total. The zero-order chi connectivity index (χ0) is 15.2. The van der Waals surface area contributed by atoms with Gasteiger partial charge in [-0.25, -0.2) is 0 Å². The lowest BCUT2D eigenvalue weighted by atomic mass is 10.1. The van der Waals surface area contributed by atoms with E-state index in [-0.39, 0.29) is 6.54 Å². The standard InChI is InChI=1S/C15H22F3NS/c1-4-19-10-12-5-6-13(20-8-7-11(2)3)9-14(12)15(16,17)18/h5-6,9,11,19H,4,7-8,10H2,1-3H3. The van der Waals surface area contributed by atoms with Gasteiger partial charge in [0, 0.05) is 11.4 Å². The molecule has 0 aliphatic carbocycles. The molecule has 0 spiro atoms. The highest BCUT2D eigenvalue weighted by molar-refractivity contribution is 7.99. The van der Waals surface area contributed by atoms with Gasteiger partial charge in [0.15, 0.2) is 0 Å². The lowest BCUT2D eigenvalue weighted by Gasteiger charge is -2.15. The Kier molecular flexibility index (Phi) is 6.89. The zero-order valence-corrected chi connectivity index (χ0v) is 13.0. The van der Waals surface area contributed by atoms with Gasteiger partial charge in [0.05, 0.1) is 5.56 Å². The predicted molar refractivity (Wildman–Crippen MR) is 79.0 cm³/mol. The van der Waals surface area contributed by atoms with E-state index in [0.717, 1.165) is 12.2 Å². The fourth-order valence-corrected chi connectivity index (χ4v) is 2.93. The van der Waals surface area contributed by atoms with Gasteiger partial charge in [-0.3, -0.25) is 0 Å². The average molecular weight is 305 g/mol. The van der Waals surface area contributed by atoms with E-state index in [1.165, 1.54) is 17.8 Å². The van der Waals surface area contributed by atoms with Crippen LogP contribution in [0.15, 0.2) is 23.1 Å². The minimum absolute atomic E-state index is 0.252. The van der Waals surface area contributed by atoms with E-state index in [9.17, 15) is 13.2 Å². The van der Waals surface area contributed by atoms with Crippen LogP contribution in [0.5, 0.6) is 0 Å². The maximum absolute atomic E-state index is 13.1. The summed E-state index contributed by atoms with van der Waals surface area (Å²) in [5.41, 5.74) is -0.208. The van der Waals surface area contributed by atoms with Crippen molar-refractivity contribution in [3.05, 3.63) is 29.3 Å². The van der Waals surface area contributed by atoms with Gasteiger partial charge in [-0.15, -0.1) is 11.8 Å². The molecule has 1 N–H and O–H groups in total. The number of nitrogens with one attached hydrogen (secondary N) is 1. The van der Waals surface area contributed by atoms with Gasteiger partial charge in [0.1, 0.15) is 0 Å². The van der Waals surface area contributed by atoms with Crippen LogP contribution in [0.3, 0.4) is 0 Å². The van der Waals surface area contributed by atoms with Crippen LogP contribution in [-0.2, 0) is 12.7 Å². The smallest absolute Gasteiger partial charge is 0.313 e. The summed E-state index contributed by atoms with van der Waals surface area (Å²) in [6.45, 7) is 7.01. The molecule has 0 aliphatic rings. The summed E-state index contributed by atoms with van der Waals surface area (Å²) in [6.07, 6.45) is -3.29. The monoisotopic (exact) mass is 305 g/mol. The van der Waals surface area contributed by atoms with Gasteiger partial charge in [-0.2, -0.15) is 13.2 Å². The quantitative estimate of drug-likeness (QED) is 0.715. The number of alkyl halides is 3. The van der Waals surface area contributed by atoms with Crippen molar-refractivity contribution < 1.29 is 13.2 Å². The lowest BCUT2D eigenvalue weighted by molar-refractivity contribution is -0.138. The van der Waals surface area contributed by atoms with Crippen molar-refractivity contribution in [3.63, 3.8) is 0 Å². The predicted octanol–water partition coefficient (Wildman–Crippen LogP) is 4.95. The van der Waals surface area contributed by atoms with Crippen molar-refractivity contribution in [2.24, 2.45) is 5.92 Å². The molecule has 1 aromatic carbocycles. The van der Waals surface area contributed by atoms with Crippen molar-refractivity contribution >= 4 is 11.8 Å². The molecule has 5 heteroatoms. The molecule has 0 heterocycles. The lowest BCUT2D eigenvalue weighted by Crippen LogP contribution is -2.17. The molecule has 0 aromatic heterocycles. The van der Waals surface area contributed by atoms with Crippen LogP contribution in [0.2, 0.25) is 0 Å². The fourth-order valence-electron chi connectivity index (χ4n) is 1.74. The number of benzene rings is 1. The van der Waals surface area contributed by atoms with Crippen LogP contribution in [0, 0.1) is 5.92 Å². The summed E-state index contributed by atoms with van der Waals surface area (Å²) in [4.78, 5) is 0.693. The Bertz CT molecular complexity index is 416.